The SMILES string of the molecule is CCCCCCCOCCOCCNC(=O)CCCCCNC(=O)c1ccc2c(c1)C1(OC2=O)c2ccc(OC(=O)C(C)(C)C)cc2Oc2cc(OC(=O)C(C)(C)C)ccc21. The third-order valence-corrected chi connectivity index (χ3v) is 10.4. The summed E-state index contributed by atoms with van der Waals surface area (Å²) in [6.45, 7) is 15.7. The van der Waals surface area contributed by atoms with Crippen LogP contribution < -0.4 is 24.8 Å². The molecule has 0 aliphatic carbocycles. The van der Waals surface area contributed by atoms with Crippen LogP contribution in [0.1, 0.15) is 144 Å². The number of carbonyl (C=O) groups excluding carboxylic acids is 5. The van der Waals surface area contributed by atoms with Crippen molar-refractivity contribution in [3.8, 4) is 23.0 Å². The van der Waals surface area contributed by atoms with Gasteiger partial charge in [-0.15, -0.1) is 0 Å². The summed E-state index contributed by atoms with van der Waals surface area (Å²) in [5.74, 6) is -0.963. The number of unbranched alkanes of at least 4 members (excludes halogenated alkanes) is 6. The fourth-order valence-electron chi connectivity index (χ4n) is 6.84. The average molecular weight is 843 g/mol. The van der Waals surface area contributed by atoms with E-state index in [1.807, 2.05) is 0 Å². The molecule has 13 nitrogen and oxygen atoms in total. The molecule has 0 aromatic heterocycles. The first-order valence-electron chi connectivity index (χ1n) is 21.5. The minimum Gasteiger partial charge on any atom is -0.456 e. The highest BCUT2D eigenvalue weighted by Crippen LogP contribution is 2.57. The molecule has 13 heteroatoms. The van der Waals surface area contributed by atoms with Gasteiger partial charge in [0.25, 0.3) is 5.91 Å². The van der Waals surface area contributed by atoms with Gasteiger partial charge in [-0.05, 0) is 103 Å². The molecule has 61 heavy (non-hydrogen) atoms. The molecular weight excluding hydrogens is 781 g/mol. The van der Waals surface area contributed by atoms with Gasteiger partial charge in [-0.3, -0.25) is 19.2 Å². The predicted octanol–water partition coefficient (Wildman–Crippen LogP) is 8.57. The van der Waals surface area contributed by atoms with Crippen LogP contribution in [0.4, 0.5) is 0 Å². The van der Waals surface area contributed by atoms with Crippen LogP contribution in [-0.4, -0.2) is 69.2 Å². The van der Waals surface area contributed by atoms with Crippen molar-refractivity contribution in [2.45, 2.75) is 112 Å². The Morgan fingerprint density at radius 1 is 0.623 bits per heavy atom. The van der Waals surface area contributed by atoms with Gasteiger partial charge >= 0.3 is 17.9 Å². The smallest absolute Gasteiger partial charge is 0.340 e. The van der Waals surface area contributed by atoms with Gasteiger partial charge in [0.2, 0.25) is 5.91 Å². The van der Waals surface area contributed by atoms with Crippen LogP contribution in [-0.2, 0) is 34.2 Å². The zero-order chi connectivity index (χ0) is 44.2. The lowest BCUT2D eigenvalue weighted by atomic mass is 9.77. The van der Waals surface area contributed by atoms with Gasteiger partial charge in [-0.2, -0.15) is 0 Å². The van der Waals surface area contributed by atoms with Gasteiger partial charge in [0.1, 0.15) is 23.0 Å². The van der Waals surface area contributed by atoms with E-state index >= 15 is 0 Å². The molecular formula is C48H62N2O11. The minimum atomic E-state index is -1.56. The largest absolute Gasteiger partial charge is 0.456 e. The molecule has 0 unspecified atom stereocenters. The van der Waals surface area contributed by atoms with E-state index in [9.17, 15) is 24.0 Å². The van der Waals surface area contributed by atoms with Crippen LogP contribution in [0.15, 0.2) is 54.6 Å². The van der Waals surface area contributed by atoms with E-state index in [-0.39, 0.29) is 40.4 Å². The molecule has 2 N–H and O–H groups in total. The van der Waals surface area contributed by atoms with Crippen molar-refractivity contribution >= 4 is 29.7 Å². The lowest BCUT2D eigenvalue weighted by molar-refractivity contribution is -0.143. The summed E-state index contributed by atoms with van der Waals surface area (Å²) in [7, 11) is 0. The van der Waals surface area contributed by atoms with E-state index in [0.717, 1.165) is 19.4 Å². The lowest BCUT2D eigenvalue weighted by Gasteiger charge is -2.37. The van der Waals surface area contributed by atoms with Gasteiger partial charge in [-0.1, -0.05) is 39.0 Å². The number of esters is 3. The van der Waals surface area contributed by atoms with Crippen LogP contribution in [0.5, 0.6) is 23.0 Å². The number of carbonyl (C=O) groups is 5. The Balaban J connectivity index is 1.20. The Morgan fingerprint density at radius 3 is 1.82 bits per heavy atom. The molecule has 2 amide bonds. The Labute approximate surface area is 359 Å². The highest BCUT2D eigenvalue weighted by atomic mass is 16.6. The summed E-state index contributed by atoms with van der Waals surface area (Å²) >= 11 is 0. The number of benzene rings is 3. The van der Waals surface area contributed by atoms with Crippen LogP contribution in [0, 0.1) is 10.8 Å². The normalized spacial score (nSPS) is 13.7. The quantitative estimate of drug-likeness (QED) is 0.0600. The monoisotopic (exact) mass is 842 g/mol. The first kappa shape index (κ1) is 46.8. The minimum absolute atomic E-state index is 0.0413. The molecule has 0 fully saturated rings. The molecule has 0 radical (unpaired) electrons. The molecule has 0 bridgehead atoms. The van der Waals surface area contributed by atoms with Crippen molar-refractivity contribution in [3.63, 3.8) is 0 Å². The number of ether oxygens (including phenoxy) is 6. The molecule has 3 aromatic rings. The van der Waals surface area contributed by atoms with Gasteiger partial charge in [0.05, 0.1) is 36.2 Å². The van der Waals surface area contributed by atoms with Crippen LogP contribution >= 0.6 is 0 Å². The Morgan fingerprint density at radius 2 is 1.21 bits per heavy atom. The molecule has 2 aliphatic rings. The number of rotatable bonds is 21. The Kier molecular flexibility index (Phi) is 16.1. The first-order valence-corrected chi connectivity index (χ1v) is 21.5. The highest BCUT2D eigenvalue weighted by Gasteiger charge is 2.54. The second-order valence-corrected chi connectivity index (χ2v) is 17.6. The fraction of sp³-hybridized carbons (Fsp3) is 0.521. The van der Waals surface area contributed by atoms with Crippen molar-refractivity contribution in [1.29, 1.82) is 0 Å². The molecule has 2 aliphatic heterocycles. The molecule has 2 heterocycles. The average Bonchev–Trinajstić information content (AvgIpc) is 3.49. The van der Waals surface area contributed by atoms with Gasteiger partial charge < -0.3 is 39.1 Å². The molecule has 1 spiro atoms. The molecule has 5 rings (SSSR count). The first-order chi connectivity index (χ1) is 29.0. The van der Waals surface area contributed by atoms with Crippen LogP contribution in [0.25, 0.3) is 0 Å². The zero-order valence-electron chi connectivity index (χ0n) is 36.8. The molecule has 0 atom stereocenters. The van der Waals surface area contributed by atoms with Crippen molar-refractivity contribution in [2.75, 3.05) is 39.5 Å². The van der Waals surface area contributed by atoms with E-state index in [1.165, 1.54) is 25.7 Å². The zero-order valence-corrected chi connectivity index (χ0v) is 36.8. The summed E-state index contributed by atoms with van der Waals surface area (Å²) in [4.78, 5) is 65.1. The van der Waals surface area contributed by atoms with E-state index in [1.54, 1.807) is 96.1 Å². The van der Waals surface area contributed by atoms with Crippen LogP contribution in [0.3, 0.4) is 0 Å². The number of hydrogen-bond donors (Lipinski definition) is 2. The molecule has 0 saturated heterocycles. The second kappa shape index (κ2) is 21.0. The lowest BCUT2D eigenvalue weighted by Crippen LogP contribution is -2.33. The third-order valence-electron chi connectivity index (χ3n) is 10.4. The summed E-state index contributed by atoms with van der Waals surface area (Å²) in [5, 5.41) is 5.84. The molecule has 0 saturated carbocycles. The molecule has 3 aromatic carbocycles. The van der Waals surface area contributed by atoms with Crippen LogP contribution in [0.2, 0.25) is 0 Å². The summed E-state index contributed by atoms with van der Waals surface area (Å²) in [5.41, 5.74) is -1.20. The maximum atomic E-state index is 13.6. The third kappa shape index (κ3) is 12.2. The maximum Gasteiger partial charge on any atom is 0.340 e. The topological polar surface area (TPSA) is 165 Å². The van der Waals surface area contributed by atoms with Gasteiger partial charge in [0, 0.05) is 60.5 Å². The van der Waals surface area contributed by atoms with Gasteiger partial charge in [0.15, 0.2) is 5.60 Å². The van der Waals surface area contributed by atoms with E-state index < -0.39 is 34.3 Å². The van der Waals surface area contributed by atoms with Crippen molar-refractivity contribution in [2.24, 2.45) is 10.8 Å². The number of nitrogens with one attached hydrogen (secondary N) is 2. The maximum absolute atomic E-state index is 13.6. The Hall–Kier alpha value is -5.27. The van der Waals surface area contributed by atoms with Crippen molar-refractivity contribution in [3.05, 3.63) is 82.4 Å². The fourth-order valence-corrected chi connectivity index (χ4v) is 6.84. The molecule has 330 valence electrons. The number of fused-ring (bicyclic) bond motifs is 6. The van der Waals surface area contributed by atoms with Crippen molar-refractivity contribution < 1.29 is 52.4 Å². The Bertz CT molecular complexity index is 1970. The summed E-state index contributed by atoms with van der Waals surface area (Å²) in [6.07, 6.45) is 8.48. The summed E-state index contributed by atoms with van der Waals surface area (Å²) in [6, 6.07) is 14.5. The van der Waals surface area contributed by atoms with E-state index in [0.29, 0.717) is 74.4 Å². The van der Waals surface area contributed by atoms with E-state index in [2.05, 4.69) is 17.6 Å². The predicted molar refractivity (Wildman–Crippen MR) is 229 cm³/mol. The van der Waals surface area contributed by atoms with Crippen molar-refractivity contribution in [1.82, 2.24) is 10.6 Å². The second-order valence-electron chi connectivity index (χ2n) is 17.6. The van der Waals surface area contributed by atoms with Gasteiger partial charge in [-0.25, -0.2) is 4.79 Å². The highest BCUT2D eigenvalue weighted by molar-refractivity contribution is 6.00. The number of amides is 2. The number of hydrogen-bond acceptors (Lipinski definition) is 11. The van der Waals surface area contributed by atoms with E-state index in [4.69, 9.17) is 28.4 Å². The summed E-state index contributed by atoms with van der Waals surface area (Å²) < 4.78 is 35.2. The standard InChI is InChI=1S/C48H62N2O11/c1-8-9-10-11-15-25-56-27-28-57-26-24-49-41(51)16-13-12-14-23-50-42(52)32-17-20-35-38(29-32)48(61-43(35)53)36-21-18-33(58-44(54)46(2,3)4)30-39(36)60-40-31-34(19-22-37(40)48)59-45(55)47(5,6)7/h17-22,29-31H,8-16,23-28H2,1-7H3,(H,49,51)(H,50,52).